The molecule has 0 amide bonds. The van der Waals surface area contributed by atoms with Crippen molar-refractivity contribution in [2.24, 2.45) is 0 Å². The Bertz CT molecular complexity index is 85.7. The molecule has 0 N–H and O–H groups in total. The van der Waals surface area contributed by atoms with Crippen LogP contribution in [0.25, 0.3) is 0 Å². The first-order valence-corrected chi connectivity index (χ1v) is 7.96. The van der Waals surface area contributed by atoms with Crippen LogP contribution in [0.3, 0.4) is 0 Å². The molecule has 0 aliphatic carbocycles. The number of rotatable bonds is 3. The van der Waals surface area contributed by atoms with Crippen molar-refractivity contribution in [3.8, 4) is 0 Å². The summed E-state index contributed by atoms with van der Waals surface area (Å²) in [6.45, 7) is 9.23. The van der Waals surface area contributed by atoms with Gasteiger partial charge in [0.15, 0.2) is 0 Å². The first kappa shape index (κ1) is 10.7. The van der Waals surface area contributed by atoms with E-state index in [4.69, 9.17) is 0 Å². The van der Waals surface area contributed by atoms with Crippen molar-refractivity contribution in [3.05, 3.63) is 0 Å². The second-order valence-corrected chi connectivity index (χ2v) is 9.44. The van der Waals surface area contributed by atoms with Gasteiger partial charge in [-0.15, -0.1) is 15.3 Å². The molecule has 0 nitrogen and oxygen atoms in total. The van der Waals surface area contributed by atoms with Crippen molar-refractivity contribution in [2.45, 2.75) is 51.6 Å². The molecule has 0 unspecified atom stereocenters. The Hall–Kier alpha value is 0.697. The molecule has 0 rings (SSSR count). The average molecular weight is 222 g/mol. The minimum atomic E-state index is -0.255. The lowest BCUT2D eigenvalue weighted by atomic mass is 10.2. The smallest absolute Gasteiger partial charge is 0.128 e. The molecule has 1 radical (unpaired) electrons. The molecular weight excluding hydrogens is 204 g/mol. The summed E-state index contributed by atoms with van der Waals surface area (Å²) in [4.78, 5) is 0. The van der Waals surface area contributed by atoms with Crippen LogP contribution in [0.4, 0.5) is 0 Å². The summed E-state index contributed by atoms with van der Waals surface area (Å²) in [6, 6.07) is 1.41. The summed E-state index contributed by atoms with van der Waals surface area (Å²) >= 11 is 3.80. The van der Waals surface area contributed by atoms with Gasteiger partial charge in [-0.3, -0.25) is 0 Å². The Morgan fingerprint density at radius 2 is 1.80 bits per heavy atom. The highest BCUT2D eigenvalue weighted by Gasteiger charge is 2.23. The van der Waals surface area contributed by atoms with Crippen LogP contribution >= 0.6 is 15.3 Å². The lowest BCUT2D eigenvalue weighted by Crippen LogP contribution is -2.17. The van der Waals surface area contributed by atoms with E-state index in [1.807, 2.05) is 0 Å². The van der Waals surface area contributed by atoms with Gasteiger partial charge in [-0.05, 0) is 11.1 Å². The van der Waals surface area contributed by atoms with Crippen molar-refractivity contribution >= 4 is 22.7 Å². The quantitative estimate of drug-likeness (QED) is 0.500. The van der Waals surface area contributed by atoms with Crippen LogP contribution in [0.1, 0.15) is 40.5 Å². The first-order chi connectivity index (χ1) is 4.48. The van der Waals surface area contributed by atoms with Gasteiger partial charge < -0.3 is 0 Å². The minimum absolute atomic E-state index is 0.255. The fourth-order valence-corrected chi connectivity index (χ4v) is 2.96. The average Bonchev–Trinajstić information content (AvgIpc) is 1.80. The van der Waals surface area contributed by atoms with Crippen LogP contribution in [0, 0.1) is 0 Å². The number of hydrogen-bond donors (Lipinski definition) is 0. The molecule has 61 valence electrons. The second-order valence-electron chi connectivity index (χ2n) is 3.76. The van der Waals surface area contributed by atoms with Gasteiger partial charge in [0.25, 0.3) is 0 Å². The Morgan fingerprint density at radius 3 is 2.10 bits per heavy atom. The lowest BCUT2D eigenvalue weighted by Gasteiger charge is -2.22. The van der Waals surface area contributed by atoms with Crippen LogP contribution in [0.5, 0.6) is 0 Å². The number of unbranched alkanes of at least 4 members (excludes halogenated alkanes) is 1. The zero-order valence-corrected chi connectivity index (χ0v) is 10.1. The maximum Gasteiger partial charge on any atom is 0.141 e. The van der Waals surface area contributed by atoms with E-state index in [9.17, 15) is 0 Å². The summed E-state index contributed by atoms with van der Waals surface area (Å²) in [6.07, 6.45) is 2.71. The Labute approximate surface area is 74.6 Å². The minimum Gasteiger partial charge on any atom is -0.128 e. The van der Waals surface area contributed by atoms with E-state index in [-0.39, 0.29) is 7.42 Å². The molecule has 0 aliphatic heterocycles. The van der Waals surface area contributed by atoms with E-state index in [2.05, 4.69) is 43.0 Å². The zero-order valence-electron chi connectivity index (χ0n) is 7.50. The van der Waals surface area contributed by atoms with Gasteiger partial charge in [0.1, 0.15) is 7.42 Å². The molecule has 0 saturated heterocycles. The highest BCUT2D eigenvalue weighted by Crippen LogP contribution is 2.33. The van der Waals surface area contributed by atoms with Gasteiger partial charge in [0.2, 0.25) is 0 Å². The maximum absolute atomic E-state index is 3.80. The molecule has 0 spiro atoms. The Balaban J connectivity index is 3.52. The van der Waals surface area contributed by atoms with E-state index in [0.717, 1.165) is 0 Å². The molecule has 10 heavy (non-hydrogen) atoms. The van der Waals surface area contributed by atoms with Crippen molar-refractivity contribution in [2.75, 3.05) is 0 Å². The summed E-state index contributed by atoms with van der Waals surface area (Å²) in [5, 5.41) is 0.528. The van der Waals surface area contributed by atoms with E-state index in [0.29, 0.717) is 5.04 Å². The van der Waals surface area contributed by atoms with Crippen molar-refractivity contribution < 1.29 is 0 Å². The molecule has 0 saturated carbocycles. The van der Waals surface area contributed by atoms with Gasteiger partial charge in [0.05, 0.1) is 0 Å². The molecule has 0 fully saturated rings. The summed E-state index contributed by atoms with van der Waals surface area (Å²) in [5.74, 6) is 0. The molecule has 0 aromatic carbocycles. The standard InChI is InChI=1S/C8H18BrSi/c1-5-6-7-10(9)8(2,3)4/h5-7H2,1-4H3. The zero-order chi connectivity index (χ0) is 8.20. The maximum atomic E-state index is 3.80. The topological polar surface area (TPSA) is 0 Å². The van der Waals surface area contributed by atoms with Crippen LogP contribution in [-0.4, -0.2) is 7.42 Å². The summed E-state index contributed by atoms with van der Waals surface area (Å²) < 4.78 is 0. The molecular formula is C8H18BrSi. The highest BCUT2D eigenvalue weighted by atomic mass is 79.9. The van der Waals surface area contributed by atoms with Crippen LogP contribution in [0.2, 0.25) is 11.1 Å². The second kappa shape index (κ2) is 4.55. The summed E-state index contributed by atoms with van der Waals surface area (Å²) in [7, 11) is -0.255. The van der Waals surface area contributed by atoms with Crippen LogP contribution in [-0.2, 0) is 0 Å². The van der Waals surface area contributed by atoms with Gasteiger partial charge in [-0.25, -0.2) is 0 Å². The van der Waals surface area contributed by atoms with Gasteiger partial charge in [-0.2, -0.15) is 0 Å². The first-order valence-electron chi connectivity index (χ1n) is 4.00. The van der Waals surface area contributed by atoms with Gasteiger partial charge in [0, 0.05) is 0 Å². The number of halogens is 1. The van der Waals surface area contributed by atoms with Gasteiger partial charge in [-0.1, -0.05) is 40.5 Å². The van der Waals surface area contributed by atoms with E-state index < -0.39 is 0 Å². The molecule has 2 heteroatoms. The normalized spacial score (nSPS) is 12.6. The van der Waals surface area contributed by atoms with E-state index >= 15 is 0 Å². The molecule has 0 aromatic rings. The molecule has 0 aromatic heterocycles. The third kappa shape index (κ3) is 4.50. The van der Waals surface area contributed by atoms with Crippen molar-refractivity contribution in [3.63, 3.8) is 0 Å². The largest absolute Gasteiger partial charge is 0.141 e. The van der Waals surface area contributed by atoms with Crippen LogP contribution < -0.4 is 0 Å². The predicted octanol–water partition coefficient (Wildman–Crippen LogP) is 3.97. The fourth-order valence-electron chi connectivity index (χ4n) is 0.707. The monoisotopic (exact) mass is 221 g/mol. The Kier molecular flexibility index (Phi) is 4.87. The predicted molar refractivity (Wildman–Crippen MR) is 54.1 cm³/mol. The Morgan fingerprint density at radius 1 is 1.30 bits per heavy atom. The number of hydrogen-bond acceptors (Lipinski definition) is 0. The lowest BCUT2D eigenvalue weighted by molar-refractivity contribution is 0.735. The summed E-state index contributed by atoms with van der Waals surface area (Å²) in [5.41, 5.74) is 0. The molecule has 0 bridgehead atoms. The SMILES string of the molecule is CCCC[Si](Br)C(C)(C)C. The molecule has 0 atom stereocenters. The third-order valence-corrected chi connectivity index (χ3v) is 8.74. The third-order valence-electron chi connectivity index (χ3n) is 1.56. The fraction of sp³-hybridized carbons (Fsp3) is 1.00. The van der Waals surface area contributed by atoms with Crippen molar-refractivity contribution in [1.82, 2.24) is 0 Å². The highest BCUT2D eigenvalue weighted by molar-refractivity contribution is 9.24. The van der Waals surface area contributed by atoms with Gasteiger partial charge >= 0.3 is 0 Å². The molecule has 0 aliphatic rings. The molecule has 0 heterocycles. The van der Waals surface area contributed by atoms with E-state index in [1.54, 1.807) is 0 Å². The van der Waals surface area contributed by atoms with E-state index in [1.165, 1.54) is 18.9 Å². The van der Waals surface area contributed by atoms with Crippen LogP contribution in [0.15, 0.2) is 0 Å². The van der Waals surface area contributed by atoms with Crippen molar-refractivity contribution in [1.29, 1.82) is 0 Å².